The third-order valence-corrected chi connectivity index (χ3v) is 7.36. The monoisotopic (exact) mass is 481 g/mol. The van der Waals surface area contributed by atoms with E-state index in [9.17, 15) is 12.8 Å². The second kappa shape index (κ2) is 8.21. The number of nitrogens with zero attached hydrogens (tertiary/aromatic N) is 3. The molecule has 34 heavy (non-hydrogen) atoms. The predicted octanol–water partition coefficient (Wildman–Crippen LogP) is 4.26. The summed E-state index contributed by atoms with van der Waals surface area (Å²) in [6, 6.07) is 15.9. The van der Waals surface area contributed by atoms with Gasteiger partial charge in [0, 0.05) is 18.5 Å². The van der Waals surface area contributed by atoms with Gasteiger partial charge in [-0.25, -0.2) is 31.9 Å². The number of aliphatic imine (C=N–C) groups is 1. The molecule has 3 aromatic carbocycles. The van der Waals surface area contributed by atoms with Crippen molar-refractivity contribution in [3.8, 4) is 0 Å². The summed E-state index contributed by atoms with van der Waals surface area (Å²) in [7, 11) is -2.18. The summed E-state index contributed by atoms with van der Waals surface area (Å²) in [5, 5.41) is 2.92. The van der Waals surface area contributed by atoms with Gasteiger partial charge in [-0.05, 0) is 35.9 Å². The lowest BCUT2D eigenvalue weighted by atomic mass is 9.91. The fourth-order valence-corrected chi connectivity index (χ4v) is 5.37. The second-order valence-electron chi connectivity index (χ2n) is 8.05. The summed E-state index contributed by atoms with van der Waals surface area (Å²) in [5.74, 6) is -1.33. The molecule has 1 aromatic heterocycles. The molecule has 0 bridgehead atoms. The molecule has 0 fully saturated rings. The van der Waals surface area contributed by atoms with E-state index >= 15 is 4.39 Å². The number of aromatic nitrogens is 2. The van der Waals surface area contributed by atoms with E-state index < -0.39 is 27.6 Å². The Kier molecular flexibility index (Phi) is 5.32. The number of nitrogens with one attached hydrogen (secondary N) is 2. The van der Waals surface area contributed by atoms with Crippen molar-refractivity contribution in [3.63, 3.8) is 0 Å². The van der Waals surface area contributed by atoms with Crippen LogP contribution < -0.4 is 10.0 Å². The molecule has 2 heterocycles. The van der Waals surface area contributed by atoms with Gasteiger partial charge in [-0.2, -0.15) is 0 Å². The molecule has 0 amide bonds. The van der Waals surface area contributed by atoms with Crippen LogP contribution >= 0.6 is 0 Å². The lowest BCUT2D eigenvalue weighted by Gasteiger charge is -2.26. The highest BCUT2D eigenvalue weighted by atomic mass is 32.2. The topological polar surface area (TPSA) is 88.4 Å². The molecule has 0 saturated carbocycles. The number of fused-ring (bicyclic) bond motifs is 2. The summed E-state index contributed by atoms with van der Waals surface area (Å²) < 4.78 is 59.6. The maximum atomic E-state index is 15.0. The summed E-state index contributed by atoms with van der Waals surface area (Å²) in [4.78, 5) is 8.76. The van der Waals surface area contributed by atoms with Crippen LogP contribution in [0.15, 0.2) is 70.6 Å². The Morgan fingerprint density at radius 3 is 2.53 bits per heavy atom. The molecule has 0 radical (unpaired) electrons. The Morgan fingerprint density at radius 2 is 1.76 bits per heavy atom. The van der Waals surface area contributed by atoms with Crippen LogP contribution in [0.25, 0.3) is 11.0 Å². The number of imidazole rings is 1. The number of halogens is 2. The van der Waals surface area contributed by atoms with Gasteiger partial charge >= 0.3 is 0 Å². The average Bonchev–Trinajstić information content (AvgIpc) is 3.12. The van der Waals surface area contributed by atoms with Crippen LogP contribution in [0.2, 0.25) is 0 Å². The van der Waals surface area contributed by atoms with Crippen LogP contribution in [-0.2, 0) is 23.6 Å². The Bertz CT molecular complexity index is 1560. The maximum Gasteiger partial charge on any atom is 0.266 e. The number of rotatable bonds is 4. The molecule has 0 aliphatic carbocycles. The van der Waals surface area contributed by atoms with Gasteiger partial charge in [-0.15, -0.1) is 0 Å². The molecule has 0 unspecified atom stereocenters. The van der Waals surface area contributed by atoms with Crippen molar-refractivity contribution in [1.82, 2.24) is 14.3 Å². The number of hydrogen-bond acceptors (Lipinski definition) is 4. The lowest BCUT2D eigenvalue weighted by Crippen LogP contribution is -2.41. The minimum absolute atomic E-state index is 0.0401. The molecule has 10 heteroatoms. The van der Waals surface area contributed by atoms with E-state index in [1.54, 1.807) is 25.1 Å². The first-order chi connectivity index (χ1) is 16.3. The number of aryl methyl sites for hydroxylation is 1. The number of hydrogen-bond donors (Lipinski definition) is 2. The fourth-order valence-electron chi connectivity index (χ4n) is 4.22. The molecule has 2 N–H and O–H groups in total. The van der Waals surface area contributed by atoms with Gasteiger partial charge in [0.2, 0.25) is 5.96 Å². The summed E-state index contributed by atoms with van der Waals surface area (Å²) in [6.45, 7) is 1.71. The first-order valence-electron chi connectivity index (χ1n) is 10.6. The van der Waals surface area contributed by atoms with Gasteiger partial charge < -0.3 is 9.88 Å². The van der Waals surface area contributed by atoms with E-state index in [1.165, 1.54) is 12.1 Å². The second-order valence-corrected chi connectivity index (χ2v) is 9.70. The molecule has 4 aromatic rings. The average molecular weight is 482 g/mol. The highest BCUT2D eigenvalue weighted by molar-refractivity contribution is 7.90. The summed E-state index contributed by atoms with van der Waals surface area (Å²) >= 11 is 0. The number of sulfonamides is 1. The molecule has 5 rings (SSSR count). The summed E-state index contributed by atoms with van der Waals surface area (Å²) in [5.41, 5.74) is 2.06. The minimum atomic E-state index is -4.03. The zero-order valence-corrected chi connectivity index (χ0v) is 19.2. The molecule has 174 valence electrons. The molecule has 0 saturated heterocycles. The normalized spacial score (nSPS) is 16.6. The zero-order valence-electron chi connectivity index (χ0n) is 18.4. The quantitative estimate of drug-likeness (QED) is 0.456. The molecular weight excluding hydrogens is 460 g/mol. The van der Waals surface area contributed by atoms with Crippen molar-refractivity contribution >= 4 is 32.7 Å². The molecule has 1 aliphatic heterocycles. The highest BCUT2D eigenvalue weighted by Crippen LogP contribution is 2.38. The third kappa shape index (κ3) is 3.69. The van der Waals surface area contributed by atoms with Crippen molar-refractivity contribution in [2.45, 2.75) is 24.3 Å². The molecular formula is C24H21F2N5O2S. The largest absolute Gasteiger partial charge is 0.330 e. The van der Waals surface area contributed by atoms with Gasteiger partial charge in [0.25, 0.3) is 10.0 Å². The Balaban J connectivity index is 1.56. The van der Waals surface area contributed by atoms with E-state index in [0.717, 1.165) is 17.1 Å². The van der Waals surface area contributed by atoms with Crippen LogP contribution in [0.3, 0.4) is 0 Å². The Morgan fingerprint density at radius 1 is 1.03 bits per heavy atom. The van der Waals surface area contributed by atoms with Crippen LogP contribution in [0, 0.1) is 11.6 Å². The number of benzene rings is 3. The Labute approximate surface area is 195 Å². The van der Waals surface area contributed by atoms with Crippen molar-refractivity contribution in [1.29, 1.82) is 0 Å². The highest BCUT2D eigenvalue weighted by Gasteiger charge is 2.32. The van der Waals surface area contributed by atoms with Crippen LogP contribution in [-0.4, -0.2) is 23.9 Å². The van der Waals surface area contributed by atoms with Gasteiger partial charge in [0.15, 0.2) is 0 Å². The van der Waals surface area contributed by atoms with Gasteiger partial charge in [-0.1, -0.05) is 37.3 Å². The zero-order chi connectivity index (χ0) is 24.0. The van der Waals surface area contributed by atoms with Crippen LogP contribution in [0.5, 0.6) is 0 Å². The van der Waals surface area contributed by atoms with E-state index in [1.807, 2.05) is 35.9 Å². The van der Waals surface area contributed by atoms with Crippen molar-refractivity contribution in [2.75, 3.05) is 5.32 Å². The number of para-hydroxylation sites is 2. The molecule has 1 atom stereocenters. The van der Waals surface area contributed by atoms with E-state index in [4.69, 9.17) is 0 Å². The maximum absolute atomic E-state index is 15.0. The molecule has 7 nitrogen and oxygen atoms in total. The third-order valence-electron chi connectivity index (χ3n) is 5.98. The number of anilines is 1. The summed E-state index contributed by atoms with van der Waals surface area (Å²) in [6.07, 6.45) is 0. The minimum Gasteiger partial charge on any atom is -0.330 e. The van der Waals surface area contributed by atoms with Crippen molar-refractivity contribution < 1.29 is 17.2 Å². The van der Waals surface area contributed by atoms with Crippen LogP contribution in [0.1, 0.15) is 29.8 Å². The Hall–Kier alpha value is -3.79. The van der Waals surface area contributed by atoms with Crippen molar-refractivity contribution in [3.05, 3.63) is 89.2 Å². The number of guanidine groups is 1. The SMILES string of the molecule is C[C@H](c1ccccc1F)c1c(F)ccc2c1NC(=NCc1nc3ccccc3n1C)NS2(=O)=O. The van der Waals surface area contributed by atoms with E-state index in [-0.39, 0.29) is 34.2 Å². The first kappa shape index (κ1) is 22.0. The fraction of sp³-hybridized carbons (Fsp3) is 0.167. The van der Waals surface area contributed by atoms with E-state index in [0.29, 0.717) is 5.82 Å². The van der Waals surface area contributed by atoms with Crippen LogP contribution in [0.4, 0.5) is 14.5 Å². The van der Waals surface area contributed by atoms with Crippen molar-refractivity contribution in [2.24, 2.45) is 12.0 Å². The van der Waals surface area contributed by atoms with Gasteiger partial charge in [0.1, 0.15) is 28.9 Å². The molecule has 0 spiro atoms. The standard InChI is InChI=1S/C24H21F2N5O2S/c1-14(15-7-3-4-8-16(15)25)22-17(26)11-12-20-23(22)29-24(30-34(20,32)33)27-13-21-28-18-9-5-6-10-19(18)31(21)2/h3-12,14H,13H2,1-2H3,(H2,27,29,30)/t14-/m1/s1. The molecule has 1 aliphatic rings. The first-order valence-corrected chi connectivity index (χ1v) is 12.1. The van der Waals surface area contributed by atoms with Gasteiger partial charge in [-0.3, -0.25) is 0 Å². The van der Waals surface area contributed by atoms with E-state index in [2.05, 4.69) is 20.0 Å². The predicted molar refractivity (Wildman–Crippen MR) is 126 cm³/mol. The lowest BCUT2D eigenvalue weighted by molar-refractivity contribution is 0.577. The smallest absolute Gasteiger partial charge is 0.266 e. The van der Waals surface area contributed by atoms with Gasteiger partial charge in [0.05, 0.1) is 16.7 Å².